The van der Waals surface area contributed by atoms with Gasteiger partial charge in [0.1, 0.15) is 22.7 Å². The molecule has 0 spiro atoms. The summed E-state index contributed by atoms with van der Waals surface area (Å²) in [5.41, 5.74) is 0.573. The molecule has 0 saturated heterocycles. The third-order valence-electron chi connectivity index (χ3n) is 5.21. The van der Waals surface area contributed by atoms with Gasteiger partial charge in [-0.15, -0.1) is 0 Å². The van der Waals surface area contributed by atoms with Crippen molar-refractivity contribution >= 4 is 17.5 Å². The van der Waals surface area contributed by atoms with Gasteiger partial charge in [-0.2, -0.15) is 0 Å². The van der Waals surface area contributed by atoms with Crippen molar-refractivity contribution in [3.05, 3.63) is 65.2 Å². The second kappa shape index (κ2) is 6.20. The van der Waals surface area contributed by atoms with Crippen LogP contribution in [-0.2, 0) is 22.6 Å². The van der Waals surface area contributed by atoms with Crippen LogP contribution in [-0.4, -0.2) is 23.3 Å². The molecule has 0 radical (unpaired) electrons. The van der Waals surface area contributed by atoms with Gasteiger partial charge >= 0.3 is 0 Å². The van der Waals surface area contributed by atoms with E-state index in [-0.39, 0.29) is 5.91 Å². The SMILES string of the molecule is O=C(Nc1c(F)cccc1F)C1(C(=O)N2CCc3ccccc3C2)CC1. The van der Waals surface area contributed by atoms with Crippen LogP contribution >= 0.6 is 0 Å². The smallest absolute Gasteiger partial charge is 0.240 e. The van der Waals surface area contributed by atoms with Crippen LogP contribution in [0.3, 0.4) is 0 Å². The van der Waals surface area contributed by atoms with E-state index in [4.69, 9.17) is 0 Å². The Morgan fingerprint density at radius 1 is 0.962 bits per heavy atom. The minimum Gasteiger partial charge on any atom is -0.337 e. The highest BCUT2D eigenvalue weighted by Crippen LogP contribution is 2.49. The van der Waals surface area contributed by atoms with E-state index in [1.54, 1.807) is 4.90 Å². The molecule has 0 aromatic heterocycles. The van der Waals surface area contributed by atoms with E-state index in [9.17, 15) is 18.4 Å². The van der Waals surface area contributed by atoms with E-state index in [1.807, 2.05) is 24.3 Å². The number of hydrogen-bond acceptors (Lipinski definition) is 2. The average molecular weight is 356 g/mol. The lowest BCUT2D eigenvalue weighted by atomic mass is 9.97. The molecule has 134 valence electrons. The van der Waals surface area contributed by atoms with Crippen molar-refractivity contribution in [2.75, 3.05) is 11.9 Å². The Labute approximate surface area is 149 Å². The van der Waals surface area contributed by atoms with E-state index in [2.05, 4.69) is 5.32 Å². The number of amides is 2. The van der Waals surface area contributed by atoms with Crippen molar-refractivity contribution in [1.82, 2.24) is 4.90 Å². The van der Waals surface area contributed by atoms with Crippen molar-refractivity contribution in [2.24, 2.45) is 5.41 Å². The number of nitrogens with zero attached hydrogens (tertiary/aromatic N) is 1. The Balaban J connectivity index is 1.52. The van der Waals surface area contributed by atoms with Gasteiger partial charge in [-0.25, -0.2) is 8.78 Å². The minimum absolute atomic E-state index is 0.263. The largest absolute Gasteiger partial charge is 0.337 e. The summed E-state index contributed by atoms with van der Waals surface area (Å²) in [4.78, 5) is 27.3. The number of anilines is 1. The zero-order valence-corrected chi connectivity index (χ0v) is 14.1. The fourth-order valence-corrected chi connectivity index (χ4v) is 3.49. The number of rotatable bonds is 3. The Morgan fingerprint density at radius 2 is 1.62 bits per heavy atom. The molecular weight excluding hydrogens is 338 g/mol. The molecule has 1 aliphatic carbocycles. The monoisotopic (exact) mass is 356 g/mol. The maximum absolute atomic E-state index is 13.8. The second-order valence-electron chi connectivity index (χ2n) is 6.88. The zero-order valence-electron chi connectivity index (χ0n) is 14.1. The summed E-state index contributed by atoms with van der Waals surface area (Å²) in [5.74, 6) is -2.60. The first-order chi connectivity index (χ1) is 12.5. The molecule has 2 aromatic carbocycles. The van der Waals surface area contributed by atoms with Crippen LogP contribution in [0, 0.1) is 17.0 Å². The highest BCUT2D eigenvalue weighted by Gasteiger charge is 2.58. The number of fused-ring (bicyclic) bond motifs is 1. The van der Waals surface area contributed by atoms with Crippen molar-refractivity contribution in [1.29, 1.82) is 0 Å². The van der Waals surface area contributed by atoms with Gasteiger partial charge in [0.15, 0.2) is 0 Å². The fourth-order valence-electron chi connectivity index (χ4n) is 3.49. The van der Waals surface area contributed by atoms with Crippen LogP contribution in [0.5, 0.6) is 0 Å². The maximum atomic E-state index is 13.8. The predicted octanol–water partition coefficient (Wildman–Crippen LogP) is 3.27. The van der Waals surface area contributed by atoms with E-state index >= 15 is 0 Å². The standard InChI is InChI=1S/C20H18F2N2O2/c21-15-6-3-7-16(22)17(15)23-18(25)20(9-10-20)19(26)24-11-8-13-4-1-2-5-14(13)12-24/h1-7H,8-12H2,(H,23,25). The number of nitrogens with one attached hydrogen (secondary N) is 1. The molecule has 2 aromatic rings. The summed E-state index contributed by atoms with van der Waals surface area (Å²) < 4.78 is 27.6. The molecule has 0 unspecified atom stereocenters. The lowest BCUT2D eigenvalue weighted by molar-refractivity contribution is -0.143. The van der Waals surface area contributed by atoms with Crippen LogP contribution in [0.15, 0.2) is 42.5 Å². The molecule has 0 atom stereocenters. The molecule has 26 heavy (non-hydrogen) atoms. The number of carbonyl (C=O) groups is 2. The van der Waals surface area contributed by atoms with Crippen LogP contribution in [0.4, 0.5) is 14.5 Å². The van der Waals surface area contributed by atoms with Gasteiger partial charge in [0.25, 0.3) is 0 Å². The molecule has 2 amide bonds. The summed E-state index contributed by atoms with van der Waals surface area (Å²) >= 11 is 0. The first-order valence-electron chi connectivity index (χ1n) is 8.63. The number of carbonyl (C=O) groups excluding carboxylic acids is 2. The Hall–Kier alpha value is -2.76. The van der Waals surface area contributed by atoms with Gasteiger partial charge in [0, 0.05) is 13.1 Å². The normalized spacial score (nSPS) is 17.4. The molecule has 1 saturated carbocycles. The molecule has 4 nitrogen and oxygen atoms in total. The number of benzene rings is 2. The lowest BCUT2D eigenvalue weighted by Gasteiger charge is -2.31. The third kappa shape index (κ3) is 2.75. The van der Waals surface area contributed by atoms with Gasteiger partial charge in [-0.3, -0.25) is 9.59 Å². The Bertz CT molecular complexity index is 873. The molecule has 1 heterocycles. The molecule has 1 aliphatic heterocycles. The molecule has 1 fully saturated rings. The van der Waals surface area contributed by atoms with Gasteiger partial charge in [0.2, 0.25) is 11.8 Å². The highest BCUT2D eigenvalue weighted by molar-refractivity contribution is 6.13. The van der Waals surface area contributed by atoms with E-state index in [1.165, 1.54) is 11.6 Å². The molecular formula is C20H18F2N2O2. The summed E-state index contributed by atoms with van der Waals surface area (Å²) in [5, 5.41) is 2.28. The van der Waals surface area contributed by atoms with Crippen molar-refractivity contribution in [3.8, 4) is 0 Å². The summed E-state index contributed by atoms with van der Waals surface area (Å²) in [7, 11) is 0. The minimum atomic E-state index is -1.21. The van der Waals surface area contributed by atoms with Gasteiger partial charge in [0.05, 0.1) is 0 Å². The molecule has 6 heteroatoms. The molecule has 0 bridgehead atoms. The fraction of sp³-hybridized carbons (Fsp3) is 0.300. The van der Waals surface area contributed by atoms with Crippen molar-refractivity contribution < 1.29 is 18.4 Å². The van der Waals surface area contributed by atoms with Gasteiger partial charge in [-0.1, -0.05) is 30.3 Å². The number of hydrogen-bond donors (Lipinski definition) is 1. The van der Waals surface area contributed by atoms with E-state index < -0.39 is 28.6 Å². The average Bonchev–Trinajstić information content (AvgIpc) is 3.46. The quantitative estimate of drug-likeness (QED) is 0.858. The lowest BCUT2D eigenvalue weighted by Crippen LogP contribution is -2.45. The van der Waals surface area contributed by atoms with E-state index in [0.29, 0.717) is 25.9 Å². The first-order valence-corrected chi connectivity index (χ1v) is 8.63. The van der Waals surface area contributed by atoms with Crippen molar-refractivity contribution in [3.63, 3.8) is 0 Å². The first kappa shape index (κ1) is 16.7. The summed E-state index contributed by atoms with van der Waals surface area (Å²) in [6.07, 6.45) is 1.53. The predicted molar refractivity (Wildman–Crippen MR) is 92.2 cm³/mol. The maximum Gasteiger partial charge on any atom is 0.240 e. The van der Waals surface area contributed by atoms with Gasteiger partial charge < -0.3 is 10.2 Å². The Kier molecular flexibility index (Phi) is 3.98. The number of halogens is 2. The van der Waals surface area contributed by atoms with E-state index in [0.717, 1.165) is 24.1 Å². The van der Waals surface area contributed by atoms with Crippen LogP contribution in [0.1, 0.15) is 24.0 Å². The zero-order chi connectivity index (χ0) is 18.3. The van der Waals surface area contributed by atoms with Crippen LogP contribution in [0.25, 0.3) is 0 Å². The highest BCUT2D eigenvalue weighted by atomic mass is 19.1. The van der Waals surface area contributed by atoms with Gasteiger partial charge in [-0.05, 0) is 42.5 Å². The molecule has 2 aliphatic rings. The summed E-state index contributed by atoms with van der Waals surface area (Å²) in [6, 6.07) is 11.3. The molecule has 4 rings (SSSR count). The van der Waals surface area contributed by atoms with Crippen LogP contribution < -0.4 is 5.32 Å². The Morgan fingerprint density at radius 3 is 2.27 bits per heavy atom. The van der Waals surface area contributed by atoms with Crippen LogP contribution in [0.2, 0.25) is 0 Å². The second-order valence-corrected chi connectivity index (χ2v) is 6.88. The molecule has 1 N–H and O–H groups in total. The summed E-state index contributed by atoms with van der Waals surface area (Å²) in [6.45, 7) is 0.997. The van der Waals surface area contributed by atoms with Crippen molar-refractivity contribution in [2.45, 2.75) is 25.8 Å². The topological polar surface area (TPSA) is 49.4 Å². The number of para-hydroxylation sites is 1. The third-order valence-corrected chi connectivity index (χ3v) is 5.21.